The van der Waals surface area contributed by atoms with Gasteiger partial charge in [0.15, 0.2) is 0 Å². The Kier molecular flexibility index (Phi) is 7.22. The molecule has 152 valence electrons. The van der Waals surface area contributed by atoms with Crippen LogP contribution in [0.1, 0.15) is 22.9 Å². The second kappa shape index (κ2) is 9.84. The summed E-state index contributed by atoms with van der Waals surface area (Å²) in [6.45, 7) is 6.11. The van der Waals surface area contributed by atoms with Crippen molar-refractivity contribution < 1.29 is 14.3 Å². The molecule has 0 aliphatic carbocycles. The number of ether oxygens (including phenoxy) is 1. The van der Waals surface area contributed by atoms with Gasteiger partial charge in [-0.05, 0) is 31.9 Å². The lowest BCUT2D eigenvalue weighted by atomic mass is 10.1. The number of benzene rings is 1. The predicted molar refractivity (Wildman–Crippen MR) is 116 cm³/mol. The number of fused-ring (bicyclic) bond motifs is 1. The van der Waals surface area contributed by atoms with Crippen molar-refractivity contribution in [3.8, 4) is 0 Å². The molecule has 1 aromatic carbocycles. The summed E-state index contributed by atoms with van der Waals surface area (Å²) < 4.78 is 5.14. The minimum Gasteiger partial charge on any atom is -0.464 e. The van der Waals surface area contributed by atoms with Crippen molar-refractivity contribution in [2.24, 2.45) is 0 Å². The Hall–Kier alpha value is -2.45. The van der Waals surface area contributed by atoms with Gasteiger partial charge in [0.2, 0.25) is 5.91 Å². The number of aryl methyl sites for hydroxylation is 2. The molecule has 3 aromatic rings. The van der Waals surface area contributed by atoms with Crippen molar-refractivity contribution in [2.75, 3.05) is 12.4 Å². The van der Waals surface area contributed by atoms with Crippen LogP contribution in [-0.4, -0.2) is 40.2 Å². The number of thioether (sulfide) groups is 1. The topological polar surface area (TPSA) is 81.2 Å². The van der Waals surface area contributed by atoms with Crippen LogP contribution < -0.4 is 5.32 Å². The molecule has 0 spiro atoms. The first-order valence-electron chi connectivity index (χ1n) is 9.33. The fraction of sp³-hybridized carbons (Fsp3) is 0.333. The maximum atomic E-state index is 12.6. The number of esters is 1. The van der Waals surface area contributed by atoms with Crippen molar-refractivity contribution >= 4 is 45.2 Å². The molecule has 1 unspecified atom stereocenters. The van der Waals surface area contributed by atoms with Crippen molar-refractivity contribution in [1.29, 1.82) is 0 Å². The Bertz CT molecular complexity index is 1010. The van der Waals surface area contributed by atoms with E-state index in [1.165, 1.54) is 23.0 Å². The monoisotopic (exact) mass is 429 g/mol. The van der Waals surface area contributed by atoms with Crippen molar-refractivity contribution in [1.82, 2.24) is 15.3 Å². The molecular formula is C21H23N3O3S2. The number of thiophene rings is 1. The number of nitrogens with zero attached hydrogens (tertiary/aromatic N) is 2. The maximum absolute atomic E-state index is 12.6. The SMILES string of the molecule is CCOC(=O)C(Cc1ccccc1)NC(=O)CSc1ncnc2sc(C)c(C)c12. The first-order chi connectivity index (χ1) is 14.0. The lowest BCUT2D eigenvalue weighted by molar-refractivity contribution is -0.147. The third-order valence-electron chi connectivity index (χ3n) is 4.46. The minimum absolute atomic E-state index is 0.158. The normalized spacial score (nSPS) is 12.0. The molecular weight excluding hydrogens is 406 g/mol. The lowest BCUT2D eigenvalue weighted by Crippen LogP contribution is -2.44. The number of aromatic nitrogens is 2. The van der Waals surface area contributed by atoms with Gasteiger partial charge in [-0.1, -0.05) is 42.1 Å². The average Bonchev–Trinajstić information content (AvgIpc) is 3.01. The van der Waals surface area contributed by atoms with Crippen LogP contribution in [0, 0.1) is 13.8 Å². The molecule has 2 aromatic heterocycles. The molecule has 6 nitrogen and oxygen atoms in total. The third kappa shape index (κ3) is 5.33. The van der Waals surface area contributed by atoms with Gasteiger partial charge < -0.3 is 10.1 Å². The smallest absolute Gasteiger partial charge is 0.328 e. The van der Waals surface area contributed by atoms with Crippen LogP contribution in [0.3, 0.4) is 0 Å². The van der Waals surface area contributed by atoms with E-state index in [1.807, 2.05) is 37.3 Å². The van der Waals surface area contributed by atoms with Crippen LogP contribution in [0.4, 0.5) is 0 Å². The van der Waals surface area contributed by atoms with Crippen molar-refractivity contribution in [2.45, 2.75) is 38.3 Å². The second-order valence-corrected chi connectivity index (χ2v) is 8.66. The summed E-state index contributed by atoms with van der Waals surface area (Å²) in [5.74, 6) is -0.505. The van der Waals surface area contributed by atoms with Gasteiger partial charge in [-0.25, -0.2) is 14.8 Å². The zero-order chi connectivity index (χ0) is 20.8. The first kappa shape index (κ1) is 21.3. The van der Waals surface area contributed by atoms with Gasteiger partial charge in [-0.2, -0.15) is 0 Å². The Balaban J connectivity index is 1.68. The summed E-state index contributed by atoms with van der Waals surface area (Å²) in [7, 11) is 0. The van der Waals surface area contributed by atoms with E-state index in [-0.39, 0.29) is 18.3 Å². The molecule has 29 heavy (non-hydrogen) atoms. The zero-order valence-electron chi connectivity index (χ0n) is 16.6. The van der Waals surface area contributed by atoms with Gasteiger partial charge in [-0.3, -0.25) is 4.79 Å². The molecule has 8 heteroatoms. The molecule has 0 aliphatic heterocycles. The van der Waals surface area contributed by atoms with Crippen molar-refractivity contribution in [3.05, 3.63) is 52.7 Å². The van der Waals surface area contributed by atoms with Gasteiger partial charge in [0.05, 0.1) is 12.4 Å². The molecule has 0 saturated carbocycles. The molecule has 2 heterocycles. The van der Waals surface area contributed by atoms with E-state index in [2.05, 4.69) is 22.2 Å². The van der Waals surface area contributed by atoms with Crippen molar-refractivity contribution in [3.63, 3.8) is 0 Å². The van der Waals surface area contributed by atoms with E-state index in [9.17, 15) is 9.59 Å². The summed E-state index contributed by atoms with van der Waals surface area (Å²) in [6, 6.07) is 8.84. The quantitative estimate of drug-likeness (QED) is 0.334. The van der Waals surface area contributed by atoms with Gasteiger partial charge in [0.1, 0.15) is 22.2 Å². The molecule has 0 fully saturated rings. The molecule has 0 aliphatic rings. The maximum Gasteiger partial charge on any atom is 0.328 e. The Morgan fingerprint density at radius 1 is 1.21 bits per heavy atom. The van der Waals surface area contributed by atoms with Crippen LogP contribution in [0.5, 0.6) is 0 Å². The van der Waals surface area contributed by atoms with E-state index in [0.29, 0.717) is 6.42 Å². The van der Waals surface area contributed by atoms with E-state index in [4.69, 9.17) is 4.74 Å². The number of carbonyl (C=O) groups excluding carboxylic acids is 2. The fourth-order valence-electron chi connectivity index (χ4n) is 2.92. The number of rotatable bonds is 8. The highest BCUT2D eigenvalue weighted by Gasteiger charge is 2.23. The first-order valence-corrected chi connectivity index (χ1v) is 11.1. The number of nitrogens with one attached hydrogen (secondary N) is 1. The van der Waals surface area contributed by atoms with Gasteiger partial charge >= 0.3 is 5.97 Å². The summed E-state index contributed by atoms with van der Waals surface area (Å²) in [5.41, 5.74) is 2.10. The second-order valence-electron chi connectivity index (χ2n) is 6.49. The number of carbonyl (C=O) groups is 2. The van der Waals surface area contributed by atoms with Crippen LogP contribution in [-0.2, 0) is 20.7 Å². The minimum atomic E-state index is -0.721. The highest BCUT2D eigenvalue weighted by Crippen LogP contribution is 2.34. The van der Waals surface area contributed by atoms with Gasteiger partial charge in [-0.15, -0.1) is 11.3 Å². The lowest BCUT2D eigenvalue weighted by Gasteiger charge is -2.17. The molecule has 0 radical (unpaired) electrons. The zero-order valence-corrected chi connectivity index (χ0v) is 18.2. The third-order valence-corrected chi connectivity index (χ3v) is 6.56. The average molecular weight is 430 g/mol. The highest BCUT2D eigenvalue weighted by atomic mass is 32.2. The summed E-state index contributed by atoms with van der Waals surface area (Å²) in [5, 5.41) is 4.59. The van der Waals surface area contributed by atoms with Crippen LogP contribution in [0.2, 0.25) is 0 Å². The van der Waals surface area contributed by atoms with Crippen LogP contribution >= 0.6 is 23.1 Å². The molecule has 0 bridgehead atoms. The number of hydrogen-bond acceptors (Lipinski definition) is 7. The molecule has 3 rings (SSSR count). The van der Waals surface area contributed by atoms with E-state index < -0.39 is 12.0 Å². The molecule has 1 amide bonds. The van der Waals surface area contributed by atoms with Crippen LogP contribution in [0.25, 0.3) is 10.2 Å². The predicted octanol–water partition coefficient (Wildman–Crippen LogP) is 3.69. The molecule has 0 saturated heterocycles. The van der Waals surface area contributed by atoms with E-state index in [0.717, 1.165) is 26.4 Å². The Morgan fingerprint density at radius 2 is 1.97 bits per heavy atom. The van der Waals surface area contributed by atoms with Gasteiger partial charge in [0, 0.05) is 16.7 Å². The Morgan fingerprint density at radius 3 is 2.69 bits per heavy atom. The standard InChI is InChI=1S/C21H23N3O3S2/c1-4-27-21(26)16(10-15-8-6-5-7-9-15)24-17(25)11-28-19-18-13(2)14(3)29-20(18)23-12-22-19/h5-9,12,16H,4,10-11H2,1-3H3,(H,24,25). The van der Waals surface area contributed by atoms with Crippen LogP contribution in [0.15, 0.2) is 41.7 Å². The number of hydrogen-bond donors (Lipinski definition) is 1. The summed E-state index contributed by atoms with van der Waals surface area (Å²) in [6.07, 6.45) is 1.91. The summed E-state index contributed by atoms with van der Waals surface area (Å²) in [4.78, 5) is 35.7. The molecule has 1 N–H and O–H groups in total. The Labute approximate surface area is 178 Å². The fourth-order valence-corrected chi connectivity index (χ4v) is 4.84. The van der Waals surface area contributed by atoms with E-state index in [1.54, 1.807) is 18.3 Å². The molecule has 1 atom stereocenters. The summed E-state index contributed by atoms with van der Waals surface area (Å²) >= 11 is 2.97. The van der Waals surface area contributed by atoms with E-state index >= 15 is 0 Å². The number of amides is 1. The highest BCUT2D eigenvalue weighted by molar-refractivity contribution is 8.00. The van der Waals surface area contributed by atoms with Gasteiger partial charge in [0.25, 0.3) is 0 Å². The largest absolute Gasteiger partial charge is 0.464 e.